The SMILES string of the molecule is NC(=N/N=C\c1cccc2ccccc12)N/N=C\c1cccc2ccccc12. The van der Waals surface area contributed by atoms with Crippen LogP contribution in [-0.4, -0.2) is 18.4 Å². The molecular formula is C23H19N5. The minimum atomic E-state index is 0.118. The topological polar surface area (TPSA) is 75.1 Å². The first-order valence-corrected chi connectivity index (χ1v) is 8.92. The third kappa shape index (κ3) is 3.88. The van der Waals surface area contributed by atoms with E-state index in [1.807, 2.05) is 48.5 Å². The predicted molar refractivity (Wildman–Crippen MR) is 118 cm³/mol. The van der Waals surface area contributed by atoms with E-state index in [-0.39, 0.29) is 5.96 Å². The lowest BCUT2D eigenvalue weighted by Crippen LogP contribution is -2.26. The maximum atomic E-state index is 5.84. The molecule has 0 saturated carbocycles. The number of guanidine groups is 1. The standard InChI is InChI=1S/C23H19N5/c24-23(27-25-15-19-11-5-9-17-7-1-3-13-21(17)19)28-26-16-20-12-6-10-18-8-2-4-14-22(18)20/h1-16H,(H3,24,27,28)/b25-15-,26-16-. The molecule has 4 aromatic carbocycles. The molecule has 0 aromatic heterocycles. The maximum Gasteiger partial charge on any atom is 0.234 e. The van der Waals surface area contributed by atoms with Crippen LogP contribution in [0.1, 0.15) is 11.1 Å². The molecule has 0 fully saturated rings. The number of benzene rings is 4. The van der Waals surface area contributed by atoms with Gasteiger partial charge in [0.2, 0.25) is 5.96 Å². The van der Waals surface area contributed by atoms with Crippen LogP contribution in [0.25, 0.3) is 21.5 Å². The van der Waals surface area contributed by atoms with E-state index in [2.05, 4.69) is 57.1 Å². The van der Waals surface area contributed by atoms with Gasteiger partial charge in [-0.15, -0.1) is 5.10 Å². The largest absolute Gasteiger partial charge is 0.367 e. The monoisotopic (exact) mass is 365 g/mol. The second-order valence-electron chi connectivity index (χ2n) is 6.24. The third-order valence-electron chi connectivity index (χ3n) is 4.39. The second kappa shape index (κ2) is 8.14. The molecule has 5 heteroatoms. The lowest BCUT2D eigenvalue weighted by atomic mass is 10.1. The summed E-state index contributed by atoms with van der Waals surface area (Å²) in [4.78, 5) is 0. The number of fused-ring (bicyclic) bond motifs is 2. The lowest BCUT2D eigenvalue weighted by molar-refractivity contribution is 0.994. The van der Waals surface area contributed by atoms with Crippen LogP contribution in [0.3, 0.4) is 0 Å². The number of nitrogens with two attached hydrogens (primary N) is 1. The molecule has 0 bridgehead atoms. The Labute approximate surface area is 162 Å². The van der Waals surface area contributed by atoms with Crippen LogP contribution in [0.15, 0.2) is 100 Å². The van der Waals surface area contributed by atoms with E-state index < -0.39 is 0 Å². The van der Waals surface area contributed by atoms with Gasteiger partial charge in [0, 0.05) is 11.1 Å². The van der Waals surface area contributed by atoms with Gasteiger partial charge >= 0.3 is 0 Å². The van der Waals surface area contributed by atoms with E-state index in [1.165, 1.54) is 0 Å². The van der Waals surface area contributed by atoms with Crippen molar-refractivity contribution in [3.05, 3.63) is 96.1 Å². The highest BCUT2D eigenvalue weighted by atomic mass is 15.4. The number of hydrogen-bond acceptors (Lipinski definition) is 3. The summed E-state index contributed by atoms with van der Waals surface area (Å²) in [5, 5.41) is 16.7. The quantitative estimate of drug-likeness (QED) is 0.322. The Kier molecular flexibility index (Phi) is 5.06. The first kappa shape index (κ1) is 17.4. The summed E-state index contributed by atoms with van der Waals surface area (Å²) in [6.07, 6.45) is 3.41. The molecule has 0 saturated heterocycles. The fourth-order valence-corrected chi connectivity index (χ4v) is 3.07. The van der Waals surface area contributed by atoms with Gasteiger partial charge in [-0.05, 0) is 21.5 Å². The zero-order valence-electron chi connectivity index (χ0n) is 15.2. The van der Waals surface area contributed by atoms with Gasteiger partial charge < -0.3 is 5.73 Å². The van der Waals surface area contributed by atoms with E-state index in [1.54, 1.807) is 12.4 Å². The highest BCUT2D eigenvalue weighted by molar-refractivity contribution is 6.01. The summed E-state index contributed by atoms with van der Waals surface area (Å²) in [6.45, 7) is 0. The van der Waals surface area contributed by atoms with Gasteiger partial charge in [-0.2, -0.15) is 10.2 Å². The van der Waals surface area contributed by atoms with E-state index in [0.717, 1.165) is 32.7 Å². The van der Waals surface area contributed by atoms with Crippen molar-refractivity contribution in [2.24, 2.45) is 21.0 Å². The van der Waals surface area contributed by atoms with Crippen molar-refractivity contribution in [3.8, 4) is 0 Å². The second-order valence-corrected chi connectivity index (χ2v) is 6.24. The molecule has 136 valence electrons. The first-order valence-electron chi connectivity index (χ1n) is 8.92. The van der Waals surface area contributed by atoms with Crippen LogP contribution in [-0.2, 0) is 0 Å². The molecule has 0 aliphatic rings. The van der Waals surface area contributed by atoms with Crippen LogP contribution < -0.4 is 11.2 Å². The van der Waals surface area contributed by atoms with Crippen LogP contribution >= 0.6 is 0 Å². The van der Waals surface area contributed by atoms with Crippen molar-refractivity contribution in [2.45, 2.75) is 0 Å². The van der Waals surface area contributed by atoms with E-state index in [9.17, 15) is 0 Å². The number of hydrazone groups is 1. The highest BCUT2D eigenvalue weighted by Crippen LogP contribution is 2.17. The summed E-state index contributed by atoms with van der Waals surface area (Å²) in [6, 6.07) is 28.4. The molecule has 4 rings (SSSR count). The van der Waals surface area contributed by atoms with Gasteiger partial charge in [0.05, 0.1) is 12.4 Å². The summed E-state index contributed by atoms with van der Waals surface area (Å²) in [5.41, 5.74) is 10.5. The normalized spacial score (nSPS) is 12.4. The molecular weight excluding hydrogens is 346 g/mol. The van der Waals surface area contributed by atoms with Gasteiger partial charge in [-0.25, -0.2) is 5.43 Å². The Morgan fingerprint density at radius 2 is 1.21 bits per heavy atom. The van der Waals surface area contributed by atoms with Crippen LogP contribution in [0, 0.1) is 0 Å². The fourth-order valence-electron chi connectivity index (χ4n) is 3.07. The Bertz CT molecular complexity index is 1200. The van der Waals surface area contributed by atoms with Gasteiger partial charge in [-0.3, -0.25) is 0 Å². The van der Waals surface area contributed by atoms with Gasteiger partial charge in [0.25, 0.3) is 0 Å². The average molecular weight is 365 g/mol. The zero-order valence-corrected chi connectivity index (χ0v) is 15.2. The van der Waals surface area contributed by atoms with Crippen molar-refractivity contribution in [1.82, 2.24) is 5.43 Å². The van der Waals surface area contributed by atoms with Crippen LogP contribution in [0.2, 0.25) is 0 Å². The summed E-state index contributed by atoms with van der Waals surface area (Å²) in [7, 11) is 0. The van der Waals surface area contributed by atoms with Crippen molar-refractivity contribution in [3.63, 3.8) is 0 Å². The molecule has 3 N–H and O–H groups in total. The average Bonchev–Trinajstić information content (AvgIpc) is 2.74. The molecule has 5 nitrogen and oxygen atoms in total. The minimum absolute atomic E-state index is 0.118. The fraction of sp³-hybridized carbons (Fsp3) is 0. The summed E-state index contributed by atoms with van der Waals surface area (Å²) in [5.74, 6) is 0.118. The van der Waals surface area contributed by atoms with E-state index in [0.29, 0.717) is 0 Å². The molecule has 0 aliphatic heterocycles. The van der Waals surface area contributed by atoms with Gasteiger partial charge in [0.1, 0.15) is 0 Å². The van der Waals surface area contributed by atoms with Crippen LogP contribution in [0.4, 0.5) is 0 Å². The molecule has 0 atom stereocenters. The minimum Gasteiger partial charge on any atom is -0.367 e. The Morgan fingerprint density at radius 3 is 1.86 bits per heavy atom. The van der Waals surface area contributed by atoms with Crippen molar-refractivity contribution in [1.29, 1.82) is 0 Å². The van der Waals surface area contributed by atoms with Gasteiger partial charge in [-0.1, -0.05) is 84.9 Å². The Balaban J connectivity index is 1.46. The summed E-state index contributed by atoms with van der Waals surface area (Å²) >= 11 is 0. The van der Waals surface area contributed by atoms with E-state index >= 15 is 0 Å². The number of rotatable bonds is 4. The highest BCUT2D eigenvalue weighted by Gasteiger charge is 1.98. The van der Waals surface area contributed by atoms with Crippen molar-refractivity contribution in [2.75, 3.05) is 0 Å². The number of nitrogens with zero attached hydrogens (tertiary/aromatic N) is 3. The Hall–Kier alpha value is -3.99. The number of nitrogens with one attached hydrogen (secondary N) is 1. The van der Waals surface area contributed by atoms with Crippen molar-refractivity contribution >= 4 is 39.9 Å². The molecule has 28 heavy (non-hydrogen) atoms. The molecule has 0 amide bonds. The molecule has 0 radical (unpaired) electrons. The predicted octanol–water partition coefficient (Wildman–Crippen LogP) is 4.27. The van der Waals surface area contributed by atoms with E-state index in [4.69, 9.17) is 5.73 Å². The molecule has 0 aliphatic carbocycles. The molecule has 0 unspecified atom stereocenters. The molecule has 4 aromatic rings. The van der Waals surface area contributed by atoms with Crippen molar-refractivity contribution < 1.29 is 0 Å². The zero-order chi connectivity index (χ0) is 19.2. The lowest BCUT2D eigenvalue weighted by Gasteiger charge is -2.02. The Morgan fingerprint density at radius 1 is 0.679 bits per heavy atom. The smallest absolute Gasteiger partial charge is 0.234 e. The molecule has 0 spiro atoms. The first-order chi connectivity index (χ1) is 13.8. The van der Waals surface area contributed by atoms with Gasteiger partial charge in [0.15, 0.2) is 0 Å². The molecule has 0 heterocycles. The summed E-state index contributed by atoms with van der Waals surface area (Å²) < 4.78 is 0. The van der Waals surface area contributed by atoms with Crippen LogP contribution in [0.5, 0.6) is 0 Å². The maximum absolute atomic E-state index is 5.84. The number of hydrogen-bond donors (Lipinski definition) is 2. The third-order valence-corrected chi connectivity index (χ3v) is 4.39.